The fourth-order valence-corrected chi connectivity index (χ4v) is 4.89. The molecule has 1 aliphatic rings. The van der Waals surface area contributed by atoms with Crippen molar-refractivity contribution in [3.63, 3.8) is 0 Å². The highest BCUT2D eigenvalue weighted by Gasteiger charge is 2.31. The fourth-order valence-electron chi connectivity index (χ4n) is 4.09. The number of hydrogen-bond acceptors (Lipinski definition) is 10. The van der Waals surface area contributed by atoms with Crippen LogP contribution in [-0.4, -0.2) is 55.3 Å². The van der Waals surface area contributed by atoms with Crippen LogP contribution in [0.25, 0.3) is 0 Å². The predicted molar refractivity (Wildman–Crippen MR) is 138 cm³/mol. The van der Waals surface area contributed by atoms with Gasteiger partial charge < -0.3 is 15.5 Å². The number of alkyl halides is 3. The first-order chi connectivity index (χ1) is 19.2. The predicted octanol–water partition coefficient (Wildman–Crippen LogP) is 3.24. The zero-order chi connectivity index (χ0) is 28.1. The van der Waals surface area contributed by atoms with Crippen LogP contribution in [0.3, 0.4) is 0 Å². The van der Waals surface area contributed by atoms with Crippen molar-refractivity contribution in [1.29, 1.82) is 0 Å². The van der Waals surface area contributed by atoms with E-state index in [1.54, 1.807) is 24.4 Å². The summed E-state index contributed by atoms with van der Waals surface area (Å²) in [5.74, 6) is -0.376. The molecular formula is C25H22F3N9O2S. The maximum absolute atomic E-state index is 12.9. The molecule has 15 heteroatoms. The van der Waals surface area contributed by atoms with Gasteiger partial charge in [-0.05, 0) is 42.8 Å². The summed E-state index contributed by atoms with van der Waals surface area (Å²) < 4.78 is 38.7. The van der Waals surface area contributed by atoms with Crippen molar-refractivity contribution in [3.05, 3.63) is 82.5 Å². The van der Waals surface area contributed by atoms with E-state index in [0.29, 0.717) is 29.7 Å². The summed E-state index contributed by atoms with van der Waals surface area (Å²) in [6.07, 6.45) is -0.904. The Morgan fingerprint density at radius 1 is 1.00 bits per heavy atom. The van der Waals surface area contributed by atoms with Crippen LogP contribution in [0.15, 0.2) is 54.9 Å². The number of carbonyl (C=O) groups excluding carboxylic acids is 2. The second-order valence-corrected chi connectivity index (χ2v) is 9.88. The van der Waals surface area contributed by atoms with Gasteiger partial charge in [0.15, 0.2) is 5.82 Å². The average molecular weight is 570 g/mol. The summed E-state index contributed by atoms with van der Waals surface area (Å²) >= 11 is 1.09. The van der Waals surface area contributed by atoms with Gasteiger partial charge in [0.05, 0.1) is 29.9 Å². The van der Waals surface area contributed by atoms with Crippen molar-refractivity contribution in [1.82, 2.24) is 35.7 Å². The van der Waals surface area contributed by atoms with E-state index in [-0.39, 0.29) is 35.5 Å². The minimum atomic E-state index is -4.49. The molecule has 4 aromatic heterocycles. The van der Waals surface area contributed by atoms with Gasteiger partial charge in [-0.25, -0.2) is 0 Å². The van der Waals surface area contributed by atoms with Crippen LogP contribution in [0, 0.1) is 0 Å². The molecule has 2 amide bonds. The van der Waals surface area contributed by atoms with Crippen molar-refractivity contribution in [2.75, 3.05) is 23.3 Å². The molecule has 2 N–H and O–H groups in total. The molecule has 1 aliphatic heterocycles. The minimum Gasteiger partial charge on any atom is -0.346 e. The molecule has 0 aromatic carbocycles. The Hall–Kier alpha value is -4.53. The van der Waals surface area contributed by atoms with Crippen LogP contribution in [0.4, 0.5) is 24.1 Å². The van der Waals surface area contributed by atoms with Gasteiger partial charge in [-0.2, -0.15) is 18.3 Å². The summed E-state index contributed by atoms with van der Waals surface area (Å²) in [5.41, 5.74) is 0.662. The lowest BCUT2D eigenvalue weighted by Gasteiger charge is -2.14. The number of rotatable bonds is 8. The molecule has 4 aromatic rings. The minimum absolute atomic E-state index is 0.0685. The zero-order valence-corrected chi connectivity index (χ0v) is 21.6. The lowest BCUT2D eigenvalue weighted by atomic mass is 10.1. The van der Waals surface area contributed by atoms with E-state index in [0.717, 1.165) is 41.8 Å². The topological polar surface area (TPSA) is 139 Å². The van der Waals surface area contributed by atoms with Gasteiger partial charge in [0.25, 0.3) is 5.91 Å². The number of nitrogens with zero attached hydrogens (tertiary/aromatic N) is 7. The van der Waals surface area contributed by atoms with Gasteiger partial charge in [-0.3, -0.25) is 19.6 Å². The molecule has 0 spiro atoms. The monoisotopic (exact) mass is 569 g/mol. The van der Waals surface area contributed by atoms with Crippen LogP contribution < -0.4 is 15.5 Å². The van der Waals surface area contributed by atoms with Gasteiger partial charge in [-0.1, -0.05) is 17.4 Å². The van der Waals surface area contributed by atoms with Crippen LogP contribution in [0.5, 0.6) is 0 Å². The van der Waals surface area contributed by atoms with Gasteiger partial charge in [-0.15, -0.1) is 15.3 Å². The van der Waals surface area contributed by atoms with E-state index in [9.17, 15) is 22.8 Å². The van der Waals surface area contributed by atoms with Crippen molar-refractivity contribution in [3.8, 4) is 0 Å². The molecule has 0 saturated carbocycles. The molecule has 40 heavy (non-hydrogen) atoms. The smallest absolute Gasteiger partial charge is 0.346 e. The standard InChI is InChI=1S/C25H22F3N9O2S/c26-25(27,28)16-6-9-30-18(11-16)13-31-22(39)23-35-36-24(40-23)37-10-7-15(14-37)19-4-5-20(34-33-19)32-21(38)12-17-3-1-2-8-29-17/h1-6,8-9,11,15H,7,10,12-14H2,(H,31,39)(H,32,34,38). The van der Waals surface area contributed by atoms with Gasteiger partial charge in [0.2, 0.25) is 16.0 Å². The zero-order valence-electron chi connectivity index (χ0n) is 20.8. The summed E-state index contributed by atoms with van der Waals surface area (Å²) in [6.45, 7) is 1.07. The number of nitrogens with one attached hydrogen (secondary N) is 2. The third-order valence-corrected chi connectivity index (χ3v) is 7.06. The molecular weight excluding hydrogens is 547 g/mol. The normalized spacial score (nSPS) is 15.2. The molecule has 0 radical (unpaired) electrons. The Bertz CT molecular complexity index is 1480. The third kappa shape index (κ3) is 6.72. The van der Waals surface area contributed by atoms with Crippen LogP contribution in [0.2, 0.25) is 0 Å². The third-order valence-electron chi connectivity index (χ3n) is 6.08. The summed E-state index contributed by atoms with van der Waals surface area (Å²) in [7, 11) is 0. The molecule has 1 fully saturated rings. The Morgan fingerprint density at radius 3 is 2.60 bits per heavy atom. The first-order valence-corrected chi connectivity index (χ1v) is 13.0. The number of anilines is 2. The van der Waals surface area contributed by atoms with Crippen LogP contribution >= 0.6 is 11.3 Å². The molecule has 1 unspecified atom stereocenters. The SMILES string of the molecule is O=C(Cc1ccccn1)Nc1ccc(C2CCN(c3nnc(C(=O)NCc4cc(C(F)(F)F)ccn4)s3)C2)nn1. The molecule has 5 heterocycles. The highest BCUT2D eigenvalue weighted by Crippen LogP contribution is 2.32. The van der Waals surface area contributed by atoms with Crippen molar-refractivity contribution in [2.45, 2.75) is 31.5 Å². The van der Waals surface area contributed by atoms with E-state index < -0.39 is 17.6 Å². The lowest BCUT2D eigenvalue weighted by molar-refractivity contribution is -0.137. The van der Waals surface area contributed by atoms with Crippen molar-refractivity contribution in [2.24, 2.45) is 0 Å². The Balaban J connectivity index is 1.12. The van der Waals surface area contributed by atoms with Crippen LogP contribution in [-0.2, 0) is 23.9 Å². The van der Waals surface area contributed by atoms with Crippen LogP contribution in [0.1, 0.15) is 44.8 Å². The summed E-state index contributed by atoms with van der Waals surface area (Å²) in [6, 6.07) is 10.6. The van der Waals surface area contributed by atoms with Gasteiger partial charge >= 0.3 is 6.18 Å². The first-order valence-electron chi connectivity index (χ1n) is 12.2. The van der Waals surface area contributed by atoms with Gasteiger partial charge in [0.1, 0.15) is 0 Å². The number of hydrogen-bond donors (Lipinski definition) is 2. The molecule has 1 saturated heterocycles. The molecule has 11 nitrogen and oxygen atoms in total. The number of amides is 2. The Kier molecular flexibility index (Phi) is 7.91. The number of halogens is 3. The van der Waals surface area contributed by atoms with E-state index in [2.05, 4.69) is 41.0 Å². The maximum Gasteiger partial charge on any atom is 0.416 e. The summed E-state index contributed by atoms with van der Waals surface area (Å²) in [4.78, 5) is 34.7. The largest absolute Gasteiger partial charge is 0.416 e. The molecule has 0 bridgehead atoms. The van der Waals surface area contributed by atoms with E-state index in [4.69, 9.17) is 0 Å². The first kappa shape index (κ1) is 27.1. The molecule has 1 atom stereocenters. The molecule has 206 valence electrons. The van der Waals surface area contributed by atoms with E-state index >= 15 is 0 Å². The molecule has 5 rings (SSSR count). The van der Waals surface area contributed by atoms with E-state index in [1.807, 2.05) is 17.0 Å². The second-order valence-electron chi connectivity index (χ2n) is 8.93. The Labute approximate surface area is 229 Å². The van der Waals surface area contributed by atoms with Gasteiger partial charge in [0, 0.05) is 37.1 Å². The quantitative estimate of drug-likeness (QED) is 0.327. The molecule has 0 aliphatic carbocycles. The Morgan fingerprint density at radius 2 is 1.85 bits per heavy atom. The summed E-state index contributed by atoms with van der Waals surface area (Å²) in [5, 5.41) is 22.3. The van der Waals surface area contributed by atoms with E-state index in [1.165, 1.54) is 0 Å². The van der Waals surface area contributed by atoms with Crippen molar-refractivity contribution < 1.29 is 22.8 Å². The highest BCUT2D eigenvalue weighted by molar-refractivity contribution is 7.17. The average Bonchev–Trinajstić information content (AvgIpc) is 3.63. The second kappa shape index (κ2) is 11.7. The number of pyridine rings is 2. The fraction of sp³-hybridized carbons (Fsp3) is 0.280. The highest BCUT2D eigenvalue weighted by atomic mass is 32.1. The number of carbonyl (C=O) groups is 2. The maximum atomic E-state index is 12.9. The number of aromatic nitrogens is 6. The van der Waals surface area contributed by atoms with Crippen molar-refractivity contribution >= 4 is 34.1 Å². The lowest BCUT2D eigenvalue weighted by Crippen LogP contribution is -2.23.